The minimum absolute atomic E-state index is 0.0407. The van der Waals surface area contributed by atoms with Crippen LogP contribution in [0.4, 0.5) is 0 Å². The van der Waals surface area contributed by atoms with E-state index in [9.17, 15) is 16.8 Å². The van der Waals surface area contributed by atoms with Crippen molar-refractivity contribution in [2.24, 2.45) is 0 Å². The summed E-state index contributed by atoms with van der Waals surface area (Å²) < 4.78 is 47.3. The highest BCUT2D eigenvalue weighted by Crippen LogP contribution is 2.12. The van der Waals surface area contributed by atoms with Gasteiger partial charge in [0, 0.05) is 25.7 Å². The van der Waals surface area contributed by atoms with E-state index in [1.807, 2.05) is 0 Å². The Morgan fingerprint density at radius 1 is 1.05 bits per heavy atom. The lowest BCUT2D eigenvalue weighted by Crippen LogP contribution is -2.32. The Hall–Kier alpha value is -0.630. The van der Waals surface area contributed by atoms with Gasteiger partial charge in [-0.15, -0.1) is 11.6 Å². The third-order valence-corrected chi connectivity index (χ3v) is 5.84. The predicted molar refractivity (Wildman–Crippen MR) is 81.0 cm³/mol. The molecule has 0 N–H and O–H groups in total. The predicted octanol–water partition coefficient (Wildman–Crippen LogP) is 1.23. The first-order valence-corrected chi connectivity index (χ1v) is 10.1. The molecule has 1 rings (SSSR count). The molecule has 114 valence electrons. The van der Waals surface area contributed by atoms with Gasteiger partial charge in [0.15, 0.2) is 0 Å². The van der Waals surface area contributed by atoms with Crippen LogP contribution in [0, 0.1) is 0 Å². The Kier molecular flexibility index (Phi) is 6.00. The molecule has 0 spiro atoms. The van der Waals surface area contributed by atoms with E-state index in [1.54, 1.807) is 24.3 Å². The highest BCUT2D eigenvalue weighted by Gasteiger charge is 2.19. The van der Waals surface area contributed by atoms with Crippen LogP contribution >= 0.6 is 11.6 Å². The summed E-state index contributed by atoms with van der Waals surface area (Å²) in [5, 5.41) is 0. The van der Waals surface area contributed by atoms with E-state index < -0.39 is 19.9 Å². The number of benzene rings is 1. The topological polar surface area (TPSA) is 71.5 Å². The van der Waals surface area contributed by atoms with Gasteiger partial charge in [-0.25, -0.2) is 21.1 Å². The Morgan fingerprint density at radius 3 is 2.00 bits per heavy atom. The summed E-state index contributed by atoms with van der Waals surface area (Å²) in [4.78, 5) is 0. The van der Waals surface area contributed by atoms with E-state index in [1.165, 1.54) is 7.05 Å². The number of rotatable bonds is 7. The molecule has 1 aromatic carbocycles. The number of sulfone groups is 1. The highest BCUT2D eigenvalue weighted by molar-refractivity contribution is 7.90. The van der Waals surface area contributed by atoms with Crippen LogP contribution in [0.2, 0.25) is 0 Å². The van der Waals surface area contributed by atoms with Crippen LogP contribution in [0.25, 0.3) is 0 Å². The van der Waals surface area contributed by atoms with Crippen molar-refractivity contribution in [1.82, 2.24) is 4.31 Å². The van der Waals surface area contributed by atoms with Gasteiger partial charge in [-0.05, 0) is 11.1 Å². The molecular formula is C12H18ClNO4S2. The second-order valence-corrected chi connectivity index (χ2v) is 9.26. The third-order valence-electron chi connectivity index (χ3n) is 2.78. The monoisotopic (exact) mass is 339 g/mol. The van der Waals surface area contributed by atoms with Crippen molar-refractivity contribution in [2.75, 3.05) is 25.6 Å². The molecule has 5 nitrogen and oxygen atoms in total. The number of halogens is 1. The molecule has 0 radical (unpaired) electrons. The molecule has 1 aromatic rings. The maximum atomic E-state index is 12.1. The summed E-state index contributed by atoms with van der Waals surface area (Å²) in [6, 6.07) is 6.96. The van der Waals surface area contributed by atoms with Gasteiger partial charge in [-0.2, -0.15) is 0 Å². The van der Waals surface area contributed by atoms with Gasteiger partial charge < -0.3 is 0 Å². The average molecular weight is 340 g/mol. The zero-order chi connectivity index (χ0) is 15.4. The van der Waals surface area contributed by atoms with Gasteiger partial charge in [0.05, 0.1) is 11.5 Å². The lowest BCUT2D eigenvalue weighted by Gasteiger charge is -2.16. The number of nitrogens with zero attached hydrogens (tertiary/aromatic N) is 1. The Bertz CT molecular complexity index is 639. The maximum Gasteiger partial charge on any atom is 0.218 e. The minimum Gasteiger partial charge on any atom is -0.229 e. The first kappa shape index (κ1) is 17.4. The molecule has 8 heteroatoms. The molecule has 20 heavy (non-hydrogen) atoms. The van der Waals surface area contributed by atoms with Crippen molar-refractivity contribution in [3.05, 3.63) is 35.4 Å². The summed E-state index contributed by atoms with van der Waals surface area (Å²) in [6.07, 6.45) is 1.08. The average Bonchev–Trinajstić information content (AvgIpc) is 2.35. The summed E-state index contributed by atoms with van der Waals surface area (Å²) in [7, 11) is -5.32. The van der Waals surface area contributed by atoms with Gasteiger partial charge in [0.1, 0.15) is 9.84 Å². The quantitative estimate of drug-likeness (QED) is 0.700. The molecule has 0 aromatic heterocycles. The fourth-order valence-corrected chi connectivity index (χ4v) is 3.58. The molecule has 0 atom stereocenters. The molecule has 0 aliphatic heterocycles. The lowest BCUT2D eigenvalue weighted by molar-refractivity contribution is 0.484. The molecule has 0 aliphatic rings. The first-order chi connectivity index (χ1) is 9.14. The normalized spacial score (nSPS) is 12.8. The van der Waals surface area contributed by atoms with Crippen molar-refractivity contribution in [2.45, 2.75) is 11.6 Å². The molecule has 0 unspecified atom stereocenters. The fourth-order valence-electron chi connectivity index (χ4n) is 1.48. The van der Waals surface area contributed by atoms with Crippen LogP contribution in [-0.4, -0.2) is 46.7 Å². The molecule has 0 saturated heterocycles. The van der Waals surface area contributed by atoms with Crippen LogP contribution in [0.1, 0.15) is 11.1 Å². The number of alkyl halides is 1. The van der Waals surface area contributed by atoms with Crippen LogP contribution in [0.3, 0.4) is 0 Å². The Labute approximate surface area is 125 Å². The van der Waals surface area contributed by atoms with E-state index in [0.717, 1.165) is 16.1 Å². The first-order valence-electron chi connectivity index (χ1n) is 5.89. The smallest absolute Gasteiger partial charge is 0.218 e. The fraction of sp³-hybridized carbons (Fsp3) is 0.500. The van der Waals surface area contributed by atoms with E-state index in [4.69, 9.17) is 11.6 Å². The largest absolute Gasteiger partial charge is 0.229 e. The summed E-state index contributed by atoms with van der Waals surface area (Å²) in [5.74, 6) is 0.0328. The van der Waals surface area contributed by atoms with Crippen LogP contribution < -0.4 is 0 Å². The number of hydrogen-bond acceptors (Lipinski definition) is 4. The van der Waals surface area contributed by atoms with E-state index in [-0.39, 0.29) is 18.1 Å². The van der Waals surface area contributed by atoms with E-state index >= 15 is 0 Å². The Morgan fingerprint density at radius 2 is 1.55 bits per heavy atom. The van der Waals surface area contributed by atoms with Gasteiger partial charge in [0.25, 0.3) is 0 Å². The zero-order valence-corrected chi connectivity index (χ0v) is 13.8. The Balaban J connectivity index is 2.72. The molecular weight excluding hydrogens is 322 g/mol. The van der Waals surface area contributed by atoms with Crippen LogP contribution in [0.5, 0.6) is 0 Å². The molecule has 0 heterocycles. The second kappa shape index (κ2) is 6.89. The van der Waals surface area contributed by atoms with E-state index in [0.29, 0.717) is 11.4 Å². The van der Waals surface area contributed by atoms with Crippen LogP contribution in [0.15, 0.2) is 24.3 Å². The molecule has 0 amide bonds. The molecule has 0 bridgehead atoms. The summed E-state index contributed by atoms with van der Waals surface area (Å²) >= 11 is 5.66. The van der Waals surface area contributed by atoms with Crippen molar-refractivity contribution in [3.8, 4) is 0 Å². The molecule has 0 saturated carbocycles. The molecule has 0 aliphatic carbocycles. The second-order valence-electron chi connectivity index (χ2n) is 4.66. The molecule has 0 fully saturated rings. The third kappa shape index (κ3) is 5.78. The lowest BCUT2D eigenvalue weighted by atomic mass is 10.2. The van der Waals surface area contributed by atoms with Gasteiger partial charge in [0.2, 0.25) is 10.0 Å². The van der Waals surface area contributed by atoms with Gasteiger partial charge >= 0.3 is 0 Å². The van der Waals surface area contributed by atoms with E-state index in [2.05, 4.69) is 0 Å². The highest BCUT2D eigenvalue weighted by atomic mass is 35.5. The van der Waals surface area contributed by atoms with Crippen molar-refractivity contribution < 1.29 is 16.8 Å². The SMILES string of the molecule is CN(CCS(C)(=O)=O)S(=O)(=O)Cc1ccc(CCl)cc1. The van der Waals surface area contributed by atoms with Gasteiger partial charge in [-0.1, -0.05) is 24.3 Å². The maximum absolute atomic E-state index is 12.1. The number of hydrogen-bond donors (Lipinski definition) is 0. The van der Waals surface area contributed by atoms with Crippen molar-refractivity contribution >= 4 is 31.5 Å². The summed E-state index contributed by atoms with van der Waals surface area (Å²) in [5.41, 5.74) is 1.56. The van der Waals surface area contributed by atoms with Crippen molar-refractivity contribution in [1.29, 1.82) is 0 Å². The van der Waals surface area contributed by atoms with Crippen molar-refractivity contribution in [3.63, 3.8) is 0 Å². The minimum atomic E-state index is -3.52. The number of sulfonamides is 1. The van der Waals surface area contributed by atoms with Gasteiger partial charge in [-0.3, -0.25) is 0 Å². The summed E-state index contributed by atoms with van der Waals surface area (Å²) in [6.45, 7) is -0.0407. The zero-order valence-electron chi connectivity index (χ0n) is 11.4. The standard InChI is InChI=1S/C12H18ClNO4S2/c1-14(7-8-19(2,15)16)20(17,18)10-12-5-3-11(9-13)4-6-12/h3-6H,7-10H2,1-2H3. The van der Waals surface area contributed by atoms with Crippen LogP contribution in [-0.2, 0) is 31.5 Å².